The molecule has 1 aromatic heterocycles. The van der Waals surface area contributed by atoms with E-state index < -0.39 is 35.1 Å². The van der Waals surface area contributed by atoms with Crippen molar-refractivity contribution >= 4 is 17.6 Å². The predicted octanol–water partition coefficient (Wildman–Crippen LogP) is 1.34. The van der Waals surface area contributed by atoms with Gasteiger partial charge in [-0.3, -0.25) is 4.79 Å². The van der Waals surface area contributed by atoms with E-state index >= 15 is 0 Å². The van der Waals surface area contributed by atoms with Crippen LogP contribution in [0.5, 0.6) is 0 Å². The van der Waals surface area contributed by atoms with Crippen molar-refractivity contribution in [2.24, 2.45) is 0 Å². The molecule has 1 aliphatic heterocycles. The highest BCUT2D eigenvalue weighted by Gasteiger charge is 2.28. The number of nitrogens with zero attached hydrogens (tertiary/aromatic N) is 2. The van der Waals surface area contributed by atoms with Crippen LogP contribution in [0, 0.1) is 11.6 Å². The number of ether oxygens (including phenoxy) is 1. The third-order valence-corrected chi connectivity index (χ3v) is 4.06. The summed E-state index contributed by atoms with van der Waals surface area (Å²) < 4.78 is 33.8. The first kappa shape index (κ1) is 18.0. The maximum absolute atomic E-state index is 13.9. The lowest BCUT2D eigenvalue weighted by molar-refractivity contribution is -0.119. The molecule has 1 aliphatic rings. The second kappa shape index (κ2) is 7.58. The molecular formula is C16H17F2N5O3. The molecule has 0 bridgehead atoms. The Bertz CT molecular complexity index is 804. The lowest BCUT2D eigenvalue weighted by Crippen LogP contribution is -2.54. The molecule has 1 fully saturated rings. The van der Waals surface area contributed by atoms with Gasteiger partial charge in [-0.2, -0.15) is 0 Å². The number of carbonyl (C=O) groups excluding carboxylic acids is 2. The molecule has 138 valence electrons. The smallest absolute Gasteiger partial charge is 0.342 e. The highest BCUT2D eigenvalue weighted by atomic mass is 19.1. The van der Waals surface area contributed by atoms with Crippen molar-refractivity contribution in [3.8, 4) is 0 Å². The minimum atomic E-state index is -1.11. The number of hydrogen-bond donors (Lipinski definition) is 3. The lowest BCUT2D eigenvalue weighted by Gasteiger charge is -2.31. The number of carbonyl (C=O) groups is 2. The Balaban J connectivity index is 1.70. The van der Waals surface area contributed by atoms with Crippen LogP contribution >= 0.6 is 0 Å². The average molecular weight is 365 g/mol. The quantitative estimate of drug-likeness (QED) is 0.708. The molecule has 10 heteroatoms. The maximum atomic E-state index is 13.9. The van der Waals surface area contributed by atoms with Gasteiger partial charge >= 0.3 is 5.97 Å². The molecule has 0 aliphatic carbocycles. The fourth-order valence-electron chi connectivity index (χ4n) is 2.74. The Morgan fingerprint density at radius 3 is 2.73 bits per heavy atom. The number of rotatable bonds is 4. The summed E-state index contributed by atoms with van der Waals surface area (Å²) in [6.45, 7) is 0. The number of amides is 1. The molecular weight excluding hydrogens is 348 g/mol. The van der Waals surface area contributed by atoms with E-state index in [1.54, 1.807) is 18.7 Å². The average Bonchev–Trinajstić information content (AvgIpc) is 3.15. The van der Waals surface area contributed by atoms with Gasteiger partial charge in [-0.15, -0.1) is 0 Å². The van der Waals surface area contributed by atoms with E-state index in [1.165, 1.54) is 0 Å². The molecule has 0 spiro atoms. The molecule has 2 aromatic rings. The normalized spacial score (nSPS) is 19.8. The fourth-order valence-corrected chi connectivity index (χ4v) is 2.74. The third kappa shape index (κ3) is 3.70. The monoisotopic (exact) mass is 365 g/mol. The molecule has 0 saturated carbocycles. The summed E-state index contributed by atoms with van der Waals surface area (Å²) >= 11 is 0. The first-order chi connectivity index (χ1) is 12.5. The predicted molar refractivity (Wildman–Crippen MR) is 86.9 cm³/mol. The Morgan fingerprint density at radius 2 is 2.12 bits per heavy atom. The number of aromatic nitrogens is 2. The number of nitrogens with one attached hydrogen (secondary N) is 3. The number of hydrazine groups is 1. The van der Waals surface area contributed by atoms with Gasteiger partial charge in [0.15, 0.2) is 0 Å². The summed E-state index contributed by atoms with van der Waals surface area (Å²) in [5, 5.41) is 2.39. The Hall–Kier alpha value is -2.85. The van der Waals surface area contributed by atoms with E-state index in [4.69, 9.17) is 0 Å². The number of esters is 1. The Kier molecular flexibility index (Phi) is 5.24. The minimum Gasteiger partial charge on any atom is -0.465 e. The number of halogens is 2. The molecule has 3 N–H and O–H groups in total. The van der Waals surface area contributed by atoms with Gasteiger partial charge in [-0.25, -0.2) is 29.4 Å². The summed E-state index contributed by atoms with van der Waals surface area (Å²) in [6, 6.07) is 0.780. The maximum Gasteiger partial charge on any atom is 0.342 e. The highest BCUT2D eigenvalue weighted by Crippen LogP contribution is 2.23. The van der Waals surface area contributed by atoms with Crippen LogP contribution in [0.25, 0.3) is 0 Å². The molecule has 2 atom stereocenters. The summed E-state index contributed by atoms with van der Waals surface area (Å²) in [4.78, 5) is 28.1. The molecule has 2 unspecified atom stereocenters. The van der Waals surface area contributed by atoms with Gasteiger partial charge in [0.1, 0.15) is 23.2 Å². The van der Waals surface area contributed by atoms with Crippen LogP contribution in [0.1, 0.15) is 29.4 Å². The zero-order valence-corrected chi connectivity index (χ0v) is 13.8. The van der Waals surface area contributed by atoms with Crippen LogP contribution in [0.2, 0.25) is 0 Å². The number of anilines is 1. The molecule has 1 aromatic carbocycles. The van der Waals surface area contributed by atoms with Gasteiger partial charge in [0.05, 0.1) is 25.3 Å². The molecule has 0 radical (unpaired) electrons. The summed E-state index contributed by atoms with van der Waals surface area (Å²) in [5.74, 6) is -3.56. The second-order valence-corrected chi connectivity index (χ2v) is 5.74. The summed E-state index contributed by atoms with van der Waals surface area (Å²) in [7, 11) is 1.07. The van der Waals surface area contributed by atoms with E-state index in [0.29, 0.717) is 18.9 Å². The van der Waals surface area contributed by atoms with Gasteiger partial charge in [-0.1, -0.05) is 0 Å². The van der Waals surface area contributed by atoms with Gasteiger partial charge in [0, 0.05) is 18.5 Å². The Labute approximate surface area is 147 Å². The molecule has 1 saturated heterocycles. The van der Waals surface area contributed by atoms with Gasteiger partial charge < -0.3 is 14.6 Å². The van der Waals surface area contributed by atoms with Crippen LogP contribution in [0.3, 0.4) is 0 Å². The summed E-state index contributed by atoms with van der Waals surface area (Å²) in [5.41, 5.74) is 5.03. The van der Waals surface area contributed by atoms with E-state index in [2.05, 4.69) is 25.9 Å². The van der Waals surface area contributed by atoms with Crippen molar-refractivity contribution in [1.29, 1.82) is 0 Å². The van der Waals surface area contributed by atoms with Crippen molar-refractivity contribution in [3.63, 3.8) is 0 Å². The highest BCUT2D eigenvalue weighted by molar-refractivity contribution is 6.02. The van der Waals surface area contributed by atoms with Crippen LogP contribution in [-0.4, -0.2) is 34.6 Å². The van der Waals surface area contributed by atoms with Crippen molar-refractivity contribution < 1.29 is 23.1 Å². The third-order valence-electron chi connectivity index (χ3n) is 4.06. The van der Waals surface area contributed by atoms with Gasteiger partial charge in [0.25, 0.3) is 0 Å². The van der Waals surface area contributed by atoms with Crippen molar-refractivity contribution in [2.45, 2.75) is 25.0 Å². The zero-order chi connectivity index (χ0) is 18.7. The standard InChI is InChI=1S/C16H17F2N5O3/c1-26-16(25)14-10(18)6-9(17)7-12(14)20-15(24)11-2-3-13(22-21-11)23-5-4-19-8-23/h4-8,11,13,21-22H,2-3H2,1H3,(H,20,24). The van der Waals surface area contributed by atoms with Crippen LogP contribution in [0.4, 0.5) is 14.5 Å². The van der Waals surface area contributed by atoms with E-state index in [0.717, 1.165) is 13.2 Å². The number of benzene rings is 1. The molecule has 3 rings (SSSR count). The minimum absolute atomic E-state index is 0.0706. The zero-order valence-electron chi connectivity index (χ0n) is 13.8. The lowest BCUT2D eigenvalue weighted by atomic mass is 10.1. The first-order valence-corrected chi connectivity index (χ1v) is 7.86. The van der Waals surface area contributed by atoms with E-state index in [-0.39, 0.29) is 11.9 Å². The van der Waals surface area contributed by atoms with Crippen molar-refractivity contribution in [1.82, 2.24) is 20.4 Å². The van der Waals surface area contributed by atoms with Crippen LogP contribution < -0.4 is 16.2 Å². The van der Waals surface area contributed by atoms with Crippen LogP contribution in [-0.2, 0) is 9.53 Å². The number of hydrogen-bond acceptors (Lipinski definition) is 6. The van der Waals surface area contributed by atoms with E-state index in [9.17, 15) is 18.4 Å². The fraction of sp³-hybridized carbons (Fsp3) is 0.312. The summed E-state index contributed by atoms with van der Waals surface area (Å²) in [6.07, 6.45) is 6.11. The Morgan fingerprint density at radius 1 is 1.31 bits per heavy atom. The SMILES string of the molecule is COC(=O)c1c(F)cc(F)cc1NC(=O)C1CCC(n2ccnc2)NN1. The number of methoxy groups -OCH3 is 1. The first-order valence-electron chi connectivity index (χ1n) is 7.86. The van der Waals surface area contributed by atoms with Gasteiger partial charge in [0.2, 0.25) is 5.91 Å². The van der Waals surface area contributed by atoms with E-state index in [1.807, 2.05) is 4.57 Å². The largest absolute Gasteiger partial charge is 0.465 e. The molecule has 8 nitrogen and oxygen atoms in total. The van der Waals surface area contributed by atoms with Crippen molar-refractivity contribution in [2.75, 3.05) is 12.4 Å². The topological polar surface area (TPSA) is 97.3 Å². The van der Waals surface area contributed by atoms with Gasteiger partial charge in [-0.05, 0) is 18.9 Å². The second-order valence-electron chi connectivity index (χ2n) is 5.74. The molecule has 1 amide bonds. The number of imidazole rings is 1. The molecule has 2 heterocycles. The van der Waals surface area contributed by atoms with Crippen molar-refractivity contribution in [3.05, 3.63) is 48.1 Å². The molecule has 26 heavy (non-hydrogen) atoms. The van der Waals surface area contributed by atoms with Crippen LogP contribution in [0.15, 0.2) is 30.9 Å².